The lowest BCUT2D eigenvalue weighted by molar-refractivity contribution is 0.166. The Morgan fingerprint density at radius 1 is 1.27 bits per heavy atom. The minimum Gasteiger partial charge on any atom is -0.492 e. The molecule has 0 spiro atoms. The van der Waals surface area contributed by atoms with Gasteiger partial charge in [0.2, 0.25) is 5.88 Å². The molecule has 0 fully saturated rings. The lowest BCUT2D eigenvalue weighted by atomic mass is 10.1. The van der Waals surface area contributed by atoms with Gasteiger partial charge in [-0.2, -0.15) is 4.73 Å². The maximum Gasteiger partial charge on any atom is 0.229 e. The summed E-state index contributed by atoms with van der Waals surface area (Å²) in [4.78, 5) is 0. The molecule has 1 aromatic carbocycles. The standard InChI is InChI=1S/C12H15NO2/c1-2-3-6-10-9-7-4-5-8-11(9)13(15)12(10)14/h4-5,7-8,14-15H,2-3,6H2,1H3. The number of rotatable bonds is 3. The number of aryl methyl sites for hydroxylation is 1. The van der Waals surface area contributed by atoms with Crippen LogP contribution in [-0.2, 0) is 6.42 Å². The number of nitrogens with zero attached hydrogens (tertiary/aromatic N) is 1. The predicted octanol–water partition coefficient (Wildman–Crippen LogP) is 2.93. The van der Waals surface area contributed by atoms with Crippen LogP contribution in [0.15, 0.2) is 24.3 Å². The van der Waals surface area contributed by atoms with Gasteiger partial charge in [-0.1, -0.05) is 31.5 Å². The second kappa shape index (κ2) is 3.85. The lowest BCUT2D eigenvalue weighted by Crippen LogP contribution is -1.88. The maximum atomic E-state index is 9.76. The summed E-state index contributed by atoms with van der Waals surface area (Å²) < 4.78 is 0.861. The van der Waals surface area contributed by atoms with E-state index < -0.39 is 0 Å². The van der Waals surface area contributed by atoms with E-state index in [-0.39, 0.29) is 5.88 Å². The third-order valence-corrected chi connectivity index (χ3v) is 2.71. The van der Waals surface area contributed by atoms with E-state index >= 15 is 0 Å². The normalized spacial score (nSPS) is 11.0. The third kappa shape index (κ3) is 1.54. The minimum absolute atomic E-state index is 0.0235. The van der Waals surface area contributed by atoms with E-state index in [1.54, 1.807) is 6.07 Å². The molecule has 0 atom stereocenters. The maximum absolute atomic E-state index is 9.76. The van der Waals surface area contributed by atoms with Crippen LogP contribution in [0.1, 0.15) is 25.3 Å². The van der Waals surface area contributed by atoms with Crippen LogP contribution in [0.4, 0.5) is 0 Å². The Balaban J connectivity index is 2.56. The molecule has 0 radical (unpaired) electrons. The van der Waals surface area contributed by atoms with E-state index in [1.165, 1.54) is 0 Å². The molecular formula is C12H15NO2. The molecule has 0 amide bonds. The highest BCUT2D eigenvalue weighted by Crippen LogP contribution is 2.30. The van der Waals surface area contributed by atoms with Gasteiger partial charge in [0.15, 0.2) is 0 Å². The fourth-order valence-corrected chi connectivity index (χ4v) is 1.88. The second-order valence-electron chi connectivity index (χ2n) is 3.73. The van der Waals surface area contributed by atoms with Crippen molar-refractivity contribution in [3.63, 3.8) is 0 Å². The van der Waals surface area contributed by atoms with Crippen molar-refractivity contribution in [2.45, 2.75) is 26.2 Å². The number of unbranched alkanes of at least 4 members (excludes halogenated alkanes) is 1. The van der Waals surface area contributed by atoms with Crippen molar-refractivity contribution < 1.29 is 10.3 Å². The van der Waals surface area contributed by atoms with Crippen molar-refractivity contribution in [1.29, 1.82) is 0 Å². The van der Waals surface area contributed by atoms with Gasteiger partial charge in [-0.05, 0) is 18.9 Å². The predicted molar refractivity (Wildman–Crippen MR) is 59.4 cm³/mol. The highest BCUT2D eigenvalue weighted by atomic mass is 16.5. The van der Waals surface area contributed by atoms with Gasteiger partial charge in [0.1, 0.15) is 0 Å². The Hall–Kier alpha value is -1.64. The van der Waals surface area contributed by atoms with Crippen LogP contribution in [0, 0.1) is 0 Å². The Bertz CT molecular complexity index is 474. The Morgan fingerprint density at radius 2 is 2.00 bits per heavy atom. The average Bonchev–Trinajstić information content (AvgIpc) is 2.51. The van der Waals surface area contributed by atoms with Crippen molar-refractivity contribution in [1.82, 2.24) is 4.73 Å². The molecule has 0 bridgehead atoms. The van der Waals surface area contributed by atoms with Crippen LogP contribution in [-0.4, -0.2) is 15.0 Å². The van der Waals surface area contributed by atoms with Crippen LogP contribution < -0.4 is 0 Å². The van der Waals surface area contributed by atoms with Crippen molar-refractivity contribution in [3.8, 4) is 5.88 Å². The number of aromatic hydroxyl groups is 1. The van der Waals surface area contributed by atoms with Crippen LogP contribution in [0.3, 0.4) is 0 Å². The van der Waals surface area contributed by atoms with E-state index in [2.05, 4.69) is 6.92 Å². The Morgan fingerprint density at radius 3 is 2.73 bits per heavy atom. The first-order chi connectivity index (χ1) is 7.25. The largest absolute Gasteiger partial charge is 0.492 e. The average molecular weight is 205 g/mol. The summed E-state index contributed by atoms with van der Waals surface area (Å²) in [5.41, 5.74) is 1.51. The van der Waals surface area contributed by atoms with Crippen molar-refractivity contribution in [2.75, 3.05) is 0 Å². The fourth-order valence-electron chi connectivity index (χ4n) is 1.88. The highest BCUT2D eigenvalue weighted by molar-refractivity contribution is 5.86. The van der Waals surface area contributed by atoms with Gasteiger partial charge >= 0.3 is 0 Å². The van der Waals surface area contributed by atoms with Crippen molar-refractivity contribution in [2.24, 2.45) is 0 Å². The van der Waals surface area contributed by atoms with E-state index in [0.29, 0.717) is 5.52 Å². The zero-order valence-electron chi connectivity index (χ0n) is 8.77. The molecule has 0 unspecified atom stereocenters. The molecule has 15 heavy (non-hydrogen) atoms. The van der Waals surface area contributed by atoms with E-state index in [4.69, 9.17) is 0 Å². The first-order valence-corrected chi connectivity index (χ1v) is 5.26. The molecule has 80 valence electrons. The number of para-hydroxylation sites is 1. The molecule has 1 aromatic heterocycles. The third-order valence-electron chi connectivity index (χ3n) is 2.71. The summed E-state index contributed by atoms with van der Waals surface area (Å²) in [5, 5.41) is 20.3. The molecule has 3 heteroatoms. The van der Waals surface area contributed by atoms with Gasteiger partial charge in [0, 0.05) is 10.9 Å². The molecule has 2 aromatic rings. The van der Waals surface area contributed by atoms with Crippen molar-refractivity contribution >= 4 is 10.9 Å². The van der Waals surface area contributed by atoms with Gasteiger partial charge < -0.3 is 10.3 Å². The SMILES string of the molecule is CCCCc1c(O)n(O)c2ccccc12. The number of aromatic nitrogens is 1. The number of fused-ring (bicyclic) bond motifs is 1. The van der Waals surface area contributed by atoms with Crippen LogP contribution in [0.25, 0.3) is 10.9 Å². The molecule has 0 saturated heterocycles. The Kier molecular flexibility index (Phi) is 2.54. The van der Waals surface area contributed by atoms with Crippen LogP contribution in [0.2, 0.25) is 0 Å². The smallest absolute Gasteiger partial charge is 0.229 e. The van der Waals surface area contributed by atoms with Gasteiger partial charge in [0.25, 0.3) is 0 Å². The van der Waals surface area contributed by atoms with Gasteiger partial charge in [0.05, 0.1) is 5.52 Å². The first-order valence-electron chi connectivity index (χ1n) is 5.26. The van der Waals surface area contributed by atoms with E-state index in [0.717, 1.165) is 34.9 Å². The summed E-state index contributed by atoms with van der Waals surface area (Å²) in [6.45, 7) is 2.11. The number of benzene rings is 1. The second-order valence-corrected chi connectivity index (χ2v) is 3.73. The number of hydrogen-bond acceptors (Lipinski definition) is 2. The molecule has 0 aliphatic carbocycles. The summed E-state index contributed by atoms with van der Waals surface area (Å²) in [7, 11) is 0. The highest BCUT2D eigenvalue weighted by Gasteiger charge is 2.14. The molecule has 3 nitrogen and oxygen atoms in total. The number of hydrogen-bond donors (Lipinski definition) is 2. The van der Waals surface area contributed by atoms with Crippen LogP contribution in [0.5, 0.6) is 5.88 Å². The monoisotopic (exact) mass is 205 g/mol. The topological polar surface area (TPSA) is 45.4 Å². The van der Waals surface area contributed by atoms with Crippen molar-refractivity contribution in [3.05, 3.63) is 29.8 Å². The summed E-state index contributed by atoms with van der Waals surface area (Å²) in [6.07, 6.45) is 2.89. The quantitative estimate of drug-likeness (QED) is 0.757. The fraction of sp³-hybridized carbons (Fsp3) is 0.333. The molecule has 2 N–H and O–H groups in total. The summed E-state index contributed by atoms with van der Waals surface area (Å²) in [6, 6.07) is 7.48. The van der Waals surface area contributed by atoms with E-state index in [9.17, 15) is 10.3 Å². The first kappa shape index (κ1) is 9.90. The molecule has 0 saturated carbocycles. The molecular weight excluding hydrogens is 190 g/mol. The minimum atomic E-state index is -0.0235. The Labute approximate surface area is 88.5 Å². The summed E-state index contributed by atoms with van der Waals surface area (Å²) in [5.74, 6) is -0.0235. The zero-order chi connectivity index (χ0) is 10.8. The molecule has 0 aliphatic heterocycles. The molecule has 0 aliphatic rings. The van der Waals surface area contributed by atoms with Gasteiger partial charge in [-0.25, -0.2) is 0 Å². The van der Waals surface area contributed by atoms with E-state index in [1.807, 2.05) is 18.2 Å². The molecule has 2 rings (SSSR count). The van der Waals surface area contributed by atoms with Crippen LogP contribution >= 0.6 is 0 Å². The van der Waals surface area contributed by atoms with Gasteiger partial charge in [-0.3, -0.25) is 0 Å². The molecule has 1 heterocycles. The summed E-state index contributed by atoms with van der Waals surface area (Å²) >= 11 is 0. The lowest BCUT2D eigenvalue weighted by Gasteiger charge is -1.98. The zero-order valence-corrected chi connectivity index (χ0v) is 8.77. The van der Waals surface area contributed by atoms with Gasteiger partial charge in [-0.15, -0.1) is 0 Å².